The smallest absolute Gasteiger partial charge is 0.213 e. The number of rotatable bonds is 10. The van der Waals surface area contributed by atoms with Crippen LogP contribution in [-0.2, 0) is 13.2 Å². The molecule has 3 rings (SSSR count). The molecule has 0 radical (unpaired) electrons. The number of pyridine rings is 1. The SMILES string of the molecule is CN=C(NCCOc1ccc(OC)cc1)NCc1ccnc(OCc2ccccc2)c1. The van der Waals surface area contributed by atoms with E-state index in [0.29, 0.717) is 38.1 Å². The molecule has 31 heavy (non-hydrogen) atoms. The lowest BCUT2D eigenvalue weighted by Crippen LogP contribution is -2.38. The Morgan fingerprint density at radius 3 is 2.42 bits per heavy atom. The number of ether oxygens (including phenoxy) is 3. The topological polar surface area (TPSA) is 77.0 Å². The summed E-state index contributed by atoms with van der Waals surface area (Å²) in [6.45, 7) is 2.22. The Balaban J connectivity index is 1.39. The van der Waals surface area contributed by atoms with E-state index in [2.05, 4.69) is 20.6 Å². The predicted molar refractivity (Wildman–Crippen MR) is 122 cm³/mol. The fourth-order valence-electron chi connectivity index (χ4n) is 2.79. The van der Waals surface area contributed by atoms with Crippen LogP contribution in [0, 0.1) is 0 Å². The molecule has 0 atom stereocenters. The van der Waals surface area contributed by atoms with E-state index >= 15 is 0 Å². The Hall–Kier alpha value is -3.74. The molecular weight excluding hydrogens is 392 g/mol. The monoisotopic (exact) mass is 420 g/mol. The molecule has 1 aromatic heterocycles. The number of nitrogens with zero attached hydrogens (tertiary/aromatic N) is 2. The van der Waals surface area contributed by atoms with Gasteiger partial charge < -0.3 is 24.8 Å². The zero-order valence-corrected chi connectivity index (χ0v) is 17.9. The van der Waals surface area contributed by atoms with E-state index in [1.807, 2.05) is 66.7 Å². The molecule has 7 nitrogen and oxygen atoms in total. The van der Waals surface area contributed by atoms with Crippen molar-refractivity contribution in [3.8, 4) is 17.4 Å². The van der Waals surface area contributed by atoms with Crippen molar-refractivity contribution in [2.75, 3.05) is 27.3 Å². The lowest BCUT2D eigenvalue weighted by molar-refractivity contribution is 0.293. The minimum absolute atomic E-state index is 0.488. The van der Waals surface area contributed by atoms with E-state index in [1.165, 1.54) is 0 Å². The van der Waals surface area contributed by atoms with Crippen molar-refractivity contribution in [1.82, 2.24) is 15.6 Å². The Morgan fingerprint density at radius 2 is 1.68 bits per heavy atom. The number of hydrogen-bond donors (Lipinski definition) is 2. The van der Waals surface area contributed by atoms with E-state index < -0.39 is 0 Å². The first-order chi connectivity index (χ1) is 15.3. The molecule has 0 saturated heterocycles. The van der Waals surface area contributed by atoms with Gasteiger partial charge in [-0.1, -0.05) is 30.3 Å². The molecule has 0 aliphatic heterocycles. The van der Waals surface area contributed by atoms with Crippen LogP contribution in [0.1, 0.15) is 11.1 Å². The standard InChI is InChI=1S/C24H28N4O3/c1-25-24(27-14-15-30-22-10-8-21(29-2)9-11-22)28-17-20-12-13-26-23(16-20)31-18-19-6-4-3-5-7-19/h3-13,16H,14-15,17-18H2,1-2H3,(H2,25,27,28). The second kappa shape index (κ2) is 12.1. The lowest BCUT2D eigenvalue weighted by Gasteiger charge is -2.13. The number of methoxy groups -OCH3 is 1. The summed E-state index contributed by atoms with van der Waals surface area (Å²) < 4.78 is 16.7. The van der Waals surface area contributed by atoms with Crippen molar-refractivity contribution in [3.05, 3.63) is 84.1 Å². The first-order valence-corrected chi connectivity index (χ1v) is 10.1. The molecule has 1 heterocycles. The van der Waals surface area contributed by atoms with E-state index in [-0.39, 0.29) is 0 Å². The maximum absolute atomic E-state index is 5.79. The van der Waals surface area contributed by atoms with Gasteiger partial charge in [-0.25, -0.2) is 4.98 Å². The maximum atomic E-state index is 5.79. The van der Waals surface area contributed by atoms with Gasteiger partial charge in [0.25, 0.3) is 0 Å². The highest BCUT2D eigenvalue weighted by atomic mass is 16.5. The molecule has 0 spiro atoms. The third-order valence-corrected chi connectivity index (χ3v) is 4.44. The summed E-state index contributed by atoms with van der Waals surface area (Å²) in [5, 5.41) is 6.52. The van der Waals surface area contributed by atoms with Gasteiger partial charge in [0.05, 0.1) is 13.7 Å². The number of aliphatic imine (C=N–C) groups is 1. The highest BCUT2D eigenvalue weighted by Crippen LogP contribution is 2.16. The Kier molecular flexibility index (Phi) is 8.55. The van der Waals surface area contributed by atoms with Crippen molar-refractivity contribution in [1.29, 1.82) is 0 Å². The molecule has 0 bridgehead atoms. The summed E-state index contributed by atoms with van der Waals surface area (Å²) in [6, 6.07) is 21.4. The molecule has 162 valence electrons. The van der Waals surface area contributed by atoms with Gasteiger partial charge >= 0.3 is 0 Å². The summed E-state index contributed by atoms with van der Waals surface area (Å²) in [7, 11) is 3.38. The molecule has 0 aliphatic carbocycles. The summed E-state index contributed by atoms with van der Waals surface area (Å²) in [6.07, 6.45) is 1.75. The van der Waals surface area contributed by atoms with E-state index in [4.69, 9.17) is 14.2 Å². The second-order valence-electron chi connectivity index (χ2n) is 6.65. The Bertz CT molecular complexity index is 947. The summed E-state index contributed by atoms with van der Waals surface area (Å²) in [5.41, 5.74) is 2.16. The van der Waals surface area contributed by atoms with Crippen LogP contribution in [-0.4, -0.2) is 38.3 Å². The summed E-state index contributed by atoms with van der Waals surface area (Å²) in [4.78, 5) is 8.53. The van der Waals surface area contributed by atoms with Crippen LogP contribution in [0.2, 0.25) is 0 Å². The van der Waals surface area contributed by atoms with Gasteiger partial charge in [-0.2, -0.15) is 0 Å². The van der Waals surface area contributed by atoms with Crippen molar-refractivity contribution in [2.45, 2.75) is 13.2 Å². The van der Waals surface area contributed by atoms with Gasteiger partial charge in [0.2, 0.25) is 5.88 Å². The molecule has 0 unspecified atom stereocenters. The van der Waals surface area contributed by atoms with Gasteiger partial charge in [-0.15, -0.1) is 0 Å². The van der Waals surface area contributed by atoms with E-state index in [9.17, 15) is 0 Å². The number of aromatic nitrogens is 1. The highest BCUT2D eigenvalue weighted by molar-refractivity contribution is 5.79. The first kappa shape index (κ1) is 22.0. The van der Waals surface area contributed by atoms with Gasteiger partial charge in [0.1, 0.15) is 24.7 Å². The maximum Gasteiger partial charge on any atom is 0.213 e. The van der Waals surface area contributed by atoms with Crippen molar-refractivity contribution >= 4 is 5.96 Å². The minimum Gasteiger partial charge on any atom is -0.497 e. The summed E-state index contributed by atoms with van der Waals surface area (Å²) in [5.74, 6) is 2.89. The largest absolute Gasteiger partial charge is 0.497 e. The van der Waals surface area contributed by atoms with Crippen LogP contribution in [0.4, 0.5) is 0 Å². The fraction of sp³-hybridized carbons (Fsp3) is 0.250. The van der Waals surface area contributed by atoms with E-state index in [0.717, 1.165) is 22.6 Å². The molecule has 0 amide bonds. The summed E-state index contributed by atoms with van der Waals surface area (Å²) >= 11 is 0. The van der Waals surface area contributed by atoms with Gasteiger partial charge in [0.15, 0.2) is 5.96 Å². The average Bonchev–Trinajstić information content (AvgIpc) is 2.83. The number of hydrogen-bond acceptors (Lipinski definition) is 5. The normalized spacial score (nSPS) is 11.0. The molecule has 0 fully saturated rings. The molecule has 3 aromatic rings. The third-order valence-electron chi connectivity index (χ3n) is 4.44. The van der Waals surface area contributed by atoms with Crippen LogP contribution in [0.25, 0.3) is 0 Å². The molecular formula is C24H28N4O3. The van der Waals surface area contributed by atoms with Gasteiger partial charge in [0, 0.05) is 25.9 Å². The fourth-order valence-corrected chi connectivity index (χ4v) is 2.79. The second-order valence-corrected chi connectivity index (χ2v) is 6.65. The van der Waals surface area contributed by atoms with Gasteiger partial charge in [-0.05, 0) is 41.5 Å². The third kappa shape index (κ3) is 7.54. The lowest BCUT2D eigenvalue weighted by atomic mass is 10.2. The van der Waals surface area contributed by atoms with Gasteiger partial charge in [-0.3, -0.25) is 4.99 Å². The zero-order chi connectivity index (χ0) is 21.7. The molecule has 2 aromatic carbocycles. The highest BCUT2D eigenvalue weighted by Gasteiger charge is 2.02. The molecule has 0 aliphatic rings. The Morgan fingerprint density at radius 1 is 0.903 bits per heavy atom. The Labute approximate surface area is 183 Å². The minimum atomic E-state index is 0.488. The quantitative estimate of drug-likeness (QED) is 0.297. The molecule has 0 saturated carbocycles. The first-order valence-electron chi connectivity index (χ1n) is 10.1. The average molecular weight is 421 g/mol. The zero-order valence-electron chi connectivity index (χ0n) is 17.9. The predicted octanol–water partition coefficient (Wildman–Crippen LogP) is 3.41. The molecule has 2 N–H and O–H groups in total. The van der Waals surface area contributed by atoms with Crippen LogP contribution in [0.5, 0.6) is 17.4 Å². The van der Waals surface area contributed by atoms with Crippen LogP contribution < -0.4 is 24.8 Å². The number of guanidine groups is 1. The number of nitrogens with one attached hydrogen (secondary N) is 2. The van der Waals surface area contributed by atoms with Crippen molar-refractivity contribution < 1.29 is 14.2 Å². The van der Waals surface area contributed by atoms with Crippen molar-refractivity contribution in [2.24, 2.45) is 4.99 Å². The molecule has 7 heteroatoms. The van der Waals surface area contributed by atoms with Crippen LogP contribution in [0.3, 0.4) is 0 Å². The van der Waals surface area contributed by atoms with Crippen LogP contribution in [0.15, 0.2) is 77.9 Å². The van der Waals surface area contributed by atoms with E-state index in [1.54, 1.807) is 20.4 Å². The number of benzene rings is 2. The van der Waals surface area contributed by atoms with Crippen molar-refractivity contribution in [3.63, 3.8) is 0 Å². The van der Waals surface area contributed by atoms with Crippen LogP contribution >= 0.6 is 0 Å².